The molecular weight excluding hydrogens is 671 g/mol. The zero-order chi connectivity index (χ0) is 36.7. The molecule has 0 unspecified atom stereocenters. The highest BCUT2D eigenvalue weighted by atomic mass is 32.3. The number of para-hydroxylation sites is 1. The third-order valence-electron chi connectivity index (χ3n) is 11.0. The van der Waals surface area contributed by atoms with Crippen molar-refractivity contribution in [2.45, 2.75) is 10.3 Å². The van der Waals surface area contributed by atoms with Crippen LogP contribution in [-0.4, -0.2) is 18.8 Å². The van der Waals surface area contributed by atoms with E-state index >= 15 is 0 Å². The van der Waals surface area contributed by atoms with Crippen LogP contribution in [0.3, 0.4) is 0 Å². The standard InChI is InChI=1S/C52H43NS/c1-54(2,3)45-34-29-39(30-35-45)38-27-31-43(32-28-38)53(51-26-16-14-23-46(51)40-17-7-4-8-18-40)44-33-36-48-47-24-13-15-25-49(47)52(50(48)37-44,41-19-9-5-10-20-41)42-21-11-6-12-22-42/h4-37H,1-3H3. The van der Waals surface area contributed by atoms with Crippen molar-refractivity contribution in [2.75, 3.05) is 23.7 Å². The van der Waals surface area contributed by atoms with Crippen molar-refractivity contribution in [3.05, 3.63) is 229 Å². The first-order valence-electron chi connectivity index (χ1n) is 18.6. The number of rotatable bonds is 8. The second-order valence-corrected chi connectivity index (χ2v) is 19.0. The second kappa shape index (κ2) is 13.7. The lowest BCUT2D eigenvalue weighted by molar-refractivity contribution is 0.768. The summed E-state index contributed by atoms with van der Waals surface area (Å²) in [4.78, 5) is 3.87. The van der Waals surface area contributed by atoms with Gasteiger partial charge in [0.2, 0.25) is 0 Å². The summed E-state index contributed by atoms with van der Waals surface area (Å²) in [5.41, 5.74) is 15.4. The Bertz CT molecular complexity index is 2510. The molecule has 0 spiro atoms. The first kappa shape index (κ1) is 33.7. The number of hydrogen-bond donors (Lipinski definition) is 0. The van der Waals surface area contributed by atoms with Crippen LogP contribution in [-0.2, 0) is 5.41 Å². The molecule has 262 valence electrons. The molecule has 0 saturated carbocycles. The van der Waals surface area contributed by atoms with E-state index in [0.29, 0.717) is 0 Å². The van der Waals surface area contributed by atoms with Gasteiger partial charge in [0.05, 0.1) is 11.1 Å². The average molecular weight is 714 g/mol. The summed E-state index contributed by atoms with van der Waals surface area (Å²) in [6.45, 7) is 0. The number of anilines is 3. The van der Waals surface area contributed by atoms with Crippen molar-refractivity contribution in [3.8, 4) is 33.4 Å². The van der Waals surface area contributed by atoms with Gasteiger partial charge in [-0.1, -0.05) is 164 Å². The fourth-order valence-electron chi connectivity index (χ4n) is 8.39. The van der Waals surface area contributed by atoms with Gasteiger partial charge in [0.15, 0.2) is 0 Å². The number of hydrogen-bond acceptors (Lipinski definition) is 1. The summed E-state index contributed by atoms with van der Waals surface area (Å²) >= 11 is 0. The Hall–Kier alpha value is -6.09. The molecular formula is C52H43NS. The second-order valence-electron chi connectivity index (χ2n) is 14.9. The van der Waals surface area contributed by atoms with E-state index < -0.39 is 15.4 Å². The number of nitrogens with zero attached hydrogens (tertiary/aromatic N) is 1. The molecule has 54 heavy (non-hydrogen) atoms. The fourth-order valence-corrected chi connectivity index (χ4v) is 9.34. The first-order chi connectivity index (χ1) is 26.4. The van der Waals surface area contributed by atoms with Gasteiger partial charge >= 0.3 is 0 Å². The minimum atomic E-state index is -0.781. The Morgan fingerprint density at radius 3 is 1.46 bits per heavy atom. The van der Waals surface area contributed by atoms with E-state index in [1.165, 1.54) is 60.5 Å². The molecule has 1 nitrogen and oxygen atoms in total. The summed E-state index contributed by atoms with van der Waals surface area (Å²) in [6.07, 6.45) is 7.04. The van der Waals surface area contributed by atoms with E-state index in [0.717, 1.165) is 17.1 Å². The summed E-state index contributed by atoms with van der Waals surface area (Å²) in [7, 11) is -0.781. The first-order valence-corrected chi connectivity index (χ1v) is 21.5. The SMILES string of the molecule is CS(C)(C)c1ccc(-c2ccc(N(c3ccc4c(c3)C(c3ccccc3)(c3ccccc3)c3ccccc3-4)c3ccccc3-c3ccccc3)cc2)cc1. The fraction of sp³-hybridized carbons (Fsp3) is 0.0769. The number of fused-ring (bicyclic) bond motifs is 3. The smallest absolute Gasteiger partial charge is 0.0714 e. The van der Waals surface area contributed by atoms with Gasteiger partial charge in [0.25, 0.3) is 0 Å². The molecule has 0 aliphatic heterocycles. The molecule has 0 radical (unpaired) electrons. The minimum absolute atomic E-state index is 0.486. The minimum Gasteiger partial charge on any atom is -0.310 e. The molecule has 0 saturated heterocycles. The summed E-state index contributed by atoms with van der Waals surface area (Å²) in [6, 6.07) is 76.0. The maximum Gasteiger partial charge on any atom is 0.0714 e. The van der Waals surface area contributed by atoms with E-state index in [2.05, 4.69) is 230 Å². The lowest BCUT2D eigenvalue weighted by Crippen LogP contribution is -2.28. The zero-order valence-corrected chi connectivity index (χ0v) is 31.8. The van der Waals surface area contributed by atoms with Gasteiger partial charge in [-0.25, -0.2) is 10.0 Å². The van der Waals surface area contributed by atoms with Gasteiger partial charge in [-0.05, 0) is 116 Å². The lowest BCUT2D eigenvalue weighted by atomic mass is 9.67. The Balaban J connectivity index is 1.26. The lowest BCUT2D eigenvalue weighted by Gasteiger charge is -2.35. The summed E-state index contributed by atoms with van der Waals surface area (Å²) in [5.74, 6) is 0. The van der Waals surface area contributed by atoms with Crippen molar-refractivity contribution in [1.82, 2.24) is 0 Å². The van der Waals surface area contributed by atoms with Crippen LogP contribution in [0.4, 0.5) is 17.1 Å². The van der Waals surface area contributed by atoms with E-state index in [-0.39, 0.29) is 0 Å². The van der Waals surface area contributed by atoms with Crippen molar-refractivity contribution in [1.29, 1.82) is 0 Å². The normalized spacial score (nSPS) is 13.2. The Morgan fingerprint density at radius 2 is 0.852 bits per heavy atom. The van der Waals surface area contributed by atoms with Crippen molar-refractivity contribution in [3.63, 3.8) is 0 Å². The molecule has 0 N–H and O–H groups in total. The third kappa shape index (κ3) is 5.75. The molecule has 2 heteroatoms. The molecule has 8 aromatic rings. The summed E-state index contributed by atoms with van der Waals surface area (Å²) in [5, 5.41) is 0. The van der Waals surface area contributed by atoms with Gasteiger partial charge in [-0.3, -0.25) is 0 Å². The van der Waals surface area contributed by atoms with E-state index in [9.17, 15) is 0 Å². The third-order valence-corrected chi connectivity index (χ3v) is 12.6. The summed E-state index contributed by atoms with van der Waals surface area (Å²) < 4.78 is 0. The zero-order valence-electron chi connectivity index (χ0n) is 31.0. The van der Waals surface area contributed by atoms with E-state index in [4.69, 9.17) is 0 Å². The quantitative estimate of drug-likeness (QED) is 0.152. The van der Waals surface area contributed by atoms with Gasteiger partial charge in [-0.2, -0.15) is 0 Å². The van der Waals surface area contributed by atoms with Crippen LogP contribution in [0.1, 0.15) is 22.3 Å². The molecule has 0 atom stereocenters. The predicted molar refractivity (Wildman–Crippen MR) is 233 cm³/mol. The van der Waals surface area contributed by atoms with Crippen LogP contribution in [0.2, 0.25) is 0 Å². The Kier molecular flexibility index (Phi) is 8.57. The Morgan fingerprint density at radius 1 is 0.370 bits per heavy atom. The van der Waals surface area contributed by atoms with E-state index in [1.807, 2.05) is 0 Å². The van der Waals surface area contributed by atoms with Crippen molar-refractivity contribution < 1.29 is 0 Å². The van der Waals surface area contributed by atoms with Gasteiger partial charge in [-0.15, -0.1) is 0 Å². The molecule has 9 rings (SSSR count). The van der Waals surface area contributed by atoms with Crippen LogP contribution in [0.25, 0.3) is 33.4 Å². The van der Waals surface area contributed by atoms with Crippen LogP contribution < -0.4 is 4.90 Å². The van der Waals surface area contributed by atoms with Crippen LogP contribution in [0.5, 0.6) is 0 Å². The highest BCUT2D eigenvalue weighted by molar-refractivity contribution is 8.32. The van der Waals surface area contributed by atoms with Crippen molar-refractivity contribution >= 4 is 27.1 Å². The van der Waals surface area contributed by atoms with Crippen LogP contribution in [0, 0.1) is 0 Å². The molecule has 1 aliphatic carbocycles. The van der Waals surface area contributed by atoms with Crippen LogP contribution in [0.15, 0.2) is 211 Å². The highest BCUT2D eigenvalue weighted by Crippen LogP contribution is 2.57. The monoisotopic (exact) mass is 713 g/mol. The van der Waals surface area contributed by atoms with Crippen molar-refractivity contribution in [2.24, 2.45) is 0 Å². The maximum absolute atomic E-state index is 2.46. The molecule has 1 aliphatic rings. The van der Waals surface area contributed by atoms with E-state index in [1.54, 1.807) is 0 Å². The maximum atomic E-state index is 2.46. The Labute approximate surface area is 321 Å². The molecule has 0 bridgehead atoms. The average Bonchev–Trinajstić information content (AvgIpc) is 3.52. The molecule has 8 aromatic carbocycles. The molecule has 0 fully saturated rings. The molecule has 0 aromatic heterocycles. The van der Waals surface area contributed by atoms with Gasteiger partial charge in [0, 0.05) is 16.9 Å². The molecule has 0 amide bonds. The van der Waals surface area contributed by atoms with Gasteiger partial charge in [0.1, 0.15) is 0 Å². The predicted octanol–water partition coefficient (Wildman–Crippen LogP) is 13.9. The molecule has 0 heterocycles. The highest BCUT2D eigenvalue weighted by Gasteiger charge is 2.46. The van der Waals surface area contributed by atoms with Crippen LogP contribution >= 0.6 is 10.0 Å². The largest absolute Gasteiger partial charge is 0.310 e. The topological polar surface area (TPSA) is 3.24 Å². The number of benzene rings is 8. The van der Waals surface area contributed by atoms with Gasteiger partial charge < -0.3 is 4.90 Å².